The summed E-state index contributed by atoms with van der Waals surface area (Å²) < 4.78 is 27.8. The number of sulfone groups is 1. The summed E-state index contributed by atoms with van der Waals surface area (Å²) in [7, 11) is -1.90. The van der Waals surface area contributed by atoms with E-state index >= 15 is 0 Å². The van der Waals surface area contributed by atoms with Crippen molar-refractivity contribution in [1.29, 1.82) is 0 Å². The molecule has 0 aliphatic carbocycles. The highest BCUT2D eigenvalue weighted by Crippen LogP contribution is 2.30. The summed E-state index contributed by atoms with van der Waals surface area (Å²) in [5.74, 6) is -0.393. The van der Waals surface area contributed by atoms with Crippen LogP contribution in [0.25, 0.3) is 22.4 Å². The molecule has 6 nitrogen and oxygen atoms in total. The van der Waals surface area contributed by atoms with E-state index in [-0.39, 0.29) is 4.90 Å². The fourth-order valence-electron chi connectivity index (χ4n) is 2.50. The number of esters is 1. The maximum atomic E-state index is 11.6. The molecule has 1 heterocycles. The van der Waals surface area contributed by atoms with E-state index in [9.17, 15) is 13.2 Å². The molecule has 0 bridgehead atoms. The lowest BCUT2D eigenvalue weighted by Gasteiger charge is -2.06. The van der Waals surface area contributed by atoms with Crippen molar-refractivity contribution in [3.8, 4) is 22.4 Å². The Kier molecular flexibility index (Phi) is 4.41. The molecule has 0 fully saturated rings. The number of rotatable bonds is 4. The lowest BCUT2D eigenvalue weighted by molar-refractivity contribution is 0.0600. The Labute approximate surface area is 145 Å². The van der Waals surface area contributed by atoms with Crippen molar-refractivity contribution in [3.63, 3.8) is 0 Å². The fourth-order valence-corrected chi connectivity index (χ4v) is 3.13. The van der Waals surface area contributed by atoms with Gasteiger partial charge in [0.25, 0.3) is 0 Å². The quantitative estimate of drug-likeness (QED) is 0.726. The Morgan fingerprint density at radius 2 is 1.60 bits per heavy atom. The number of hydrogen-bond donors (Lipinski definition) is 1. The first kappa shape index (κ1) is 16.9. The van der Waals surface area contributed by atoms with Gasteiger partial charge in [-0.05, 0) is 29.8 Å². The van der Waals surface area contributed by atoms with E-state index in [0.717, 1.165) is 22.4 Å². The largest absolute Gasteiger partial charge is 0.465 e. The molecule has 0 spiro atoms. The number of nitrogens with one attached hydrogen (secondary N) is 1. The summed E-state index contributed by atoms with van der Waals surface area (Å²) in [5, 5.41) is 7.02. The predicted molar refractivity (Wildman–Crippen MR) is 93.9 cm³/mol. The van der Waals surface area contributed by atoms with E-state index in [1.54, 1.807) is 42.6 Å². The summed E-state index contributed by atoms with van der Waals surface area (Å²) in [5.41, 5.74) is 3.78. The molecule has 25 heavy (non-hydrogen) atoms. The summed E-state index contributed by atoms with van der Waals surface area (Å²) >= 11 is 0. The summed E-state index contributed by atoms with van der Waals surface area (Å²) in [6.07, 6.45) is 2.86. The third kappa shape index (κ3) is 3.46. The van der Waals surface area contributed by atoms with E-state index in [1.165, 1.54) is 13.4 Å². The highest BCUT2D eigenvalue weighted by Gasteiger charge is 2.13. The molecular formula is C18H16N2O4S. The number of H-pyrrole nitrogens is 1. The second-order valence-electron chi connectivity index (χ2n) is 5.52. The minimum atomic E-state index is -3.24. The van der Waals surface area contributed by atoms with Crippen LogP contribution < -0.4 is 0 Å². The lowest BCUT2D eigenvalue weighted by Crippen LogP contribution is -2.00. The number of benzene rings is 2. The van der Waals surface area contributed by atoms with Gasteiger partial charge in [0, 0.05) is 17.4 Å². The van der Waals surface area contributed by atoms with Crippen LogP contribution in [0.2, 0.25) is 0 Å². The van der Waals surface area contributed by atoms with E-state index in [2.05, 4.69) is 10.2 Å². The van der Waals surface area contributed by atoms with Crippen molar-refractivity contribution in [1.82, 2.24) is 10.2 Å². The van der Waals surface area contributed by atoms with Crippen molar-refractivity contribution < 1.29 is 17.9 Å². The summed E-state index contributed by atoms with van der Waals surface area (Å²) in [6, 6.07) is 13.6. The SMILES string of the molecule is COC(=O)c1ccc(-c2cn[nH]c2-c2ccc(S(C)(=O)=O)cc2)cc1. The molecule has 3 rings (SSSR count). The Morgan fingerprint density at radius 1 is 1.00 bits per heavy atom. The molecule has 7 heteroatoms. The predicted octanol–water partition coefficient (Wildman–Crippen LogP) is 2.93. The number of methoxy groups -OCH3 is 1. The zero-order valence-electron chi connectivity index (χ0n) is 13.7. The van der Waals surface area contributed by atoms with E-state index < -0.39 is 15.8 Å². The molecule has 0 atom stereocenters. The maximum Gasteiger partial charge on any atom is 0.337 e. The van der Waals surface area contributed by atoms with Crippen LogP contribution in [0.3, 0.4) is 0 Å². The van der Waals surface area contributed by atoms with Crippen molar-refractivity contribution in [2.45, 2.75) is 4.90 Å². The smallest absolute Gasteiger partial charge is 0.337 e. The van der Waals surface area contributed by atoms with Gasteiger partial charge < -0.3 is 4.74 Å². The van der Waals surface area contributed by atoms with Gasteiger partial charge >= 0.3 is 5.97 Å². The Bertz CT molecular complexity index is 1000. The standard InChI is InChI=1S/C18H16N2O4S/c1-24-18(21)14-5-3-12(4-6-14)16-11-19-20-17(16)13-7-9-15(10-8-13)25(2,22)23/h3-11H,1-2H3,(H,19,20). The van der Waals surface area contributed by atoms with Gasteiger partial charge in [0.15, 0.2) is 9.84 Å². The minimum absolute atomic E-state index is 0.264. The van der Waals surface area contributed by atoms with Gasteiger partial charge in [0.05, 0.1) is 29.5 Å². The van der Waals surface area contributed by atoms with Crippen LogP contribution in [0.4, 0.5) is 0 Å². The van der Waals surface area contributed by atoms with Crippen LogP contribution in [0, 0.1) is 0 Å². The monoisotopic (exact) mass is 356 g/mol. The Balaban J connectivity index is 1.97. The molecule has 1 aromatic heterocycles. The van der Waals surface area contributed by atoms with Gasteiger partial charge in [-0.15, -0.1) is 0 Å². The Hall–Kier alpha value is -2.93. The molecule has 0 amide bonds. The van der Waals surface area contributed by atoms with Gasteiger partial charge in [0.1, 0.15) is 0 Å². The first-order chi connectivity index (χ1) is 11.9. The highest BCUT2D eigenvalue weighted by molar-refractivity contribution is 7.90. The number of nitrogens with zero attached hydrogens (tertiary/aromatic N) is 1. The van der Waals surface area contributed by atoms with Crippen molar-refractivity contribution >= 4 is 15.8 Å². The lowest BCUT2D eigenvalue weighted by atomic mass is 10.0. The molecule has 3 aromatic rings. The average Bonchev–Trinajstić information content (AvgIpc) is 3.10. The topological polar surface area (TPSA) is 89.1 Å². The third-order valence-corrected chi connectivity index (χ3v) is 4.96. The Morgan fingerprint density at radius 3 is 2.16 bits per heavy atom. The molecule has 1 N–H and O–H groups in total. The molecule has 0 aliphatic rings. The first-order valence-corrected chi connectivity index (χ1v) is 9.32. The zero-order valence-corrected chi connectivity index (χ0v) is 14.5. The number of ether oxygens (including phenoxy) is 1. The average molecular weight is 356 g/mol. The third-order valence-electron chi connectivity index (χ3n) is 3.83. The highest BCUT2D eigenvalue weighted by atomic mass is 32.2. The second kappa shape index (κ2) is 6.52. The molecule has 2 aromatic carbocycles. The zero-order chi connectivity index (χ0) is 18.0. The molecule has 0 saturated carbocycles. The minimum Gasteiger partial charge on any atom is -0.465 e. The number of carbonyl (C=O) groups is 1. The molecular weight excluding hydrogens is 340 g/mol. The first-order valence-electron chi connectivity index (χ1n) is 7.43. The number of aromatic nitrogens is 2. The molecule has 0 radical (unpaired) electrons. The summed E-state index contributed by atoms with van der Waals surface area (Å²) in [6.45, 7) is 0. The van der Waals surface area contributed by atoms with Crippen molar-refractivity contribution in [3.05, 3.63) is 60.3 Å². The van der Waals surface area contributed by atoms with Crippen LogP contribution in [0.5, 0.6) is 0 Å². The van der Waals surface area contributed by atoms with Gasteiger partial charge in [0.2, 0.25) is 0 Å². The van der Waals surface area contributed by atoms with Gasteiger partial charge in [-0.25, -0.2) is 13.2 Å². The van der Waals surface area contributed by atoms with Crippen molar-refractivity contribution in [2.24, 2.45) is 0 Å². The van der Waals surface area contributed by atoms with Crippen molar-refractivity contribution in [2.75, 3.05) is 13.4 Å². The van der Waals surface area contributed by atoms with Gasteiger partial charge in [-0.3, -0.25) is 5.10 Å². The van der Waals surface area contributed by atoms with Crippen LogP contribution in [0.1, 0.15) is 10.4 Å². The van der Waals surface area contributed by atoms with Crippen LogP contribution in [-0.4, -0.2) is 38.0 Å². The molecule has 0 saturated heterocycles. The number of aromatic amines is 1. The van der Waals surface area contributed by atoms with Gasteiger partial charge in [-0.2, -0.15) is 5.10 Å². The molecule has 0 aliphatic heterocycles. The van der Waals surface area contributed by atoms with E-state index in [4.69, 9.17) is 4.74 Å². The van der Waals surface area contributed by atoms with E-state index in [0.29, 0.717) is 5.56 Å². The summed E-state index contributed by atoms with van der Waals surface area (Å²) in [4.78, 5) is 11.8. The molecule has 128 valence electrons. The van der Waals surface area contributed by atoms with E-state index in [1.807, 2.05) is 12.1 Å². The second-order valence-corrected chi connectivity index (χ2v) is 7.54. The normalized spacial score (nSPS) is 11.3. The number of carbonyl (C=O) groups excluding carboxylic acids is 1. The van der Waals surface area contributed by atoms with Crippen LogP contribution >= 0.6 is 0 Å². The fraction of sp³-hybridized carbons (Fsp3) is 0.111. The number of hydrogen-bond acceptors (Lipinski definition) is 5. The van der Waals surface area contributed by atoms with Gasteiger partial charge in [-0.1, -0.05) is 24.3 Å². The molecule has 0 unspecified atom stereocenters. The van der Waals surface area contributed by atoms with Crippen LogP contribution in [0.15, 0.2) is 59.6 Å². The maximum absolute atomic E-state index is 11.6. The van der Waals surface area contributed by atoms with Crippen LogP contribution in [-0.2, 0) is 14.6 Å².